The quantitative estimate of drug-likeness (QED) is 0.211. The van der Waals surface area contributed by atoms with Gasteiger partial charge < -0.3 is 24.8 Å². The highest BCUT2D eigenvalue weighted by Gasteiger charge is 2.15. The fourth-order valence-corrected chi connectivity index (χ4v) is 3.38. The number of carbonyl (C=O) groups is 3. The lowest BCUT2D eigenvalue weighted by Crippen LogP contribution is -2.32. The Morgan fingerprint density at radius 2 is 1.62 bits per heavy atom. The minimum absolute atomic E-state index is 0.134. The van der Waals surface area contributed by atoms with E-state index in [-0.39, 0.29) is 23.1 Å². The third-order valence-electron chi connectivity index (χ3n) is 4.68. The molecular formula is C25H22Cl2N4O6. The van der Waals surface area contributed by atoms with E-state index in [1.54, 1.807) is 48.5 Å². The van der Waals surface area contributed by atoms with E-state index in [0.717, 1.165) is 0 Å². The van der Waals surface area contributed by atoms with E-state index in [2.05, 4.69) is 21.2 Å². The minimum Gasteiger partial charge on any atom is -0.497 e. The molecule has 3 aromatic rings. The topological polar surface area (TPSA) is 127 Å². The number of hydrazone groups is 1. The molecule has 0 heterocycles. The van der Waals surface area contributed by atoms with E-state index in [9.17, 15) is 14.4 Å². The molecule has 3 rings (SSSR count). The van der Waals surface area contributed by atoms with Gasteiger partial charge in [0, 0.05) is 5.69 Å². The molecule has 0 bridgehead atoms. The second-order valence-corrected chi connectivity index (χ2v) is 8.05. The molecule has 3 amide bonds. The predicted molar refractivity (Wildman–Crippen MR) is 141 cm³/mol. The van der Waals surface area contributed by atoms with Crippen LogP contribution in [-0.4, -0.2) is 44.8 Å². The molecule has 0 saturated heterocycles. The van der Waals surface area contributed by atoms with E-state index in [1.807, 2.05) is 0 Å². The maximum absolute atomic E-state index is 12.2. The zero-order chi connectivity index (χ0) is 26.8. The second kappa shape index (κ2) is 13.1. The van der Waals surface area contributed by atoms with E-state index < -0.39 is 17.7 Å². The molecule has 12 heteroatoms. The summed E-state index contributed by atoms with van der Waals surface area (Å²) in [7, 11) is 2.92. The normalized spacial score (nSPS) is 10.5. The van der Waals surface area contributed by atoms with Gasteiger partial charge in [0.25, 0.3) is 5.91 Å². The number of para-hydroxylation sites is 1. The molecular weight excluding hydrogens is 523 g/mol. The first-order valence-corrected chi connectivity index (χ1v) is 11.4. The van der Waals surface area contributed by atoms with Gasteiger partial charge in [0.1, 0.15) is 5.75 Å². The number of rotatable bonds is 9. The minimum atomic E-state index is -0.977. The summed E-state index contributed by atoms with van der Waals surface area (Å²) in [6, 6.07) is 16.3. The van der Waals surface area contributed by atoms with Gasteiger partial charge in [-0.25, -0.2) is 5.43 Å². The predicted octanol–water partition coefficient (Wildman–Crippen LogP) is 4.12. The molecule has 0 saturated carbocycles. The van der Waals surface area contributed by atoms with Crippen molar-refractivity contribution in [2.75, 3.05) is 31.5 Å². The van der Waals surface area contributed by atoms with Crippen molar-refractivity contribution in [2.24, 2.45) is 5.10 Å². The van der Waals surface area contributed by atoms with Crippen molar-refractivity contribution in [1.82, 2.24) is 5.43 Å². The van der Waals surface area contributed by atoms with Crippen LogP contribution in [-0.2, 0) is 14.4 Å². The molecule has 0 fully saturated rings. The Morgan fingerprint density at radius 1 is 0.892 bits per heavy atom. The summed E-state index contributed by atoms with van der Waals surface area (Å²) < 4.78 is 15.9. The number of nitrogens with one attached hydrogen (secondary N) is 3. The SMILES string of the molecule is COc1ccc(NC(=O)C(=O)N/N=C\c2cc(Cl)c(OCC(=O)Nc3ccccc3Cl)c(OC)c2)cc1. The molecule has 0 aliphatic rings. The molecule has 0 aliphatic heterocycles. The van der Waals surface area contributed by atoms with Gasteiger partial charge in [0.15, 0.2) is 18.1 Å². The second-order valence-electron chi connectivity index (χ2n) is 7.23. The third-order valence-corrected chi connectivity index (χ3v) is 5.29. The van der Waals surface area contributed by atoms with Gasteiger partial charge in [-0.1, -0.05) is 35.3 Å². The molecule has 0 aliphatic carbocycles. The molecule has 37 heavy (non-hydrogen) atoms. The number of benzene rings is 3. The average molecular weight is 545 g/mol. The molecule has 0 spiro atoms. The van der Waals surface area contributed by atoms with Crippen LogP contribution in [0, 0.1) is 0 Å². The fraction of sp³-hybridized carbons (Fsp3) is 0.120. The molecule has 0 atom stereocenters. The Kier molecular flexibility index (Phi) is 9.70. The fourth-order valence-electron chi connectivity index (χ4n) is 2.92. The highest BCUT2D eigenvalue weighted by Crippen LogP contribution is 2.36. The first-order chi connectivity index (χ1) is 17.8. The van der Waals surface area contributed by atoms with Gasteiger partial charge in [-0.15, -0.1) is 0 Å². The third kappa shape index (κ3) is 7.86. The zero-order valence-corrected chi connectivity index (χ0v) is 21.2. The highest BCUT2D eigenvalue weighted by atomic mass is 35.5. The van der Waals surface area contributed by atoms with Crippen molar-refractivity contribution >= 4 is 58.5 Å². The van der Waals surface area contributed by atoms with Gasteiger partial charge in [0.05, 0.1) is 36.2 Å². The number of anilines is 2. The monoisotopic (exact) mass is 544 g/mol. The lowest BCUT2D eigenvalue weighted by atomic mass is 10.2. The van der Waals surface area contributed by atoms with Crippen LogP contribution in [0.25, 0.3) is 0 Å². The van der Waals surface area contributed by atoms with Crippen molar-refractivity contribution in [2.45, 2.75) is 0 Å². The van der Waals surface area contributed by atoms with Crippen LogP contribution in [0.4, 0.5) is 11.4 Å². The van der Waals surface area contributed by atoms with E-state index in [4.69, 9.17) is 37.4 Å². The van der Waals surface area contributed by atoms with Gasteiger partial charge >= 0.3 is 11.8 Å². The Balaban J connectivity index is 1.57. The molecule has 3 N–H and O–H groups in total. The number of hydrogen-bond donors (Lipinski definition) is 3. The number of nitrogens with zero attached hydrogens (tertiary/aromatic N) is 1. The van der Waals surface area contributed by atoms with Gasteiger partial charge in [0.2, 0.25) is 0 Å². The summed E-state index contributed by atoms with van der Waals surface area (Å²) in [5, 5.41) is 9.37. The smallest absolute Gasteiger partial charge is 0.329 e. The summed E-state index contributed by atoms with van der Waals surface area (Å²) in [5.74, 6) is -1.36. The number of carbonyl (C=O) groups excluding carboxylic acids is 3. The van der Waals surface area contributed by atoms with Gasteiger partial charge in [-0.2, -0.15) is 5.10 Å². The molecule has 0 unspecified atom stereocenters. The van der Waals surface area contributed by atoms with Crippen LogP contribution < -0.4 is 30.3 Å². The molecule has 0 radical (unpaired) electrons. The van der Waals surface area contributed by atoms with E-state index in [0.29, 0.717) is 27.7 Å². The van der Waals surface area contributed by atoms with E-state index in [1.165, 1.54) is 32.6 Å². The first-order valence-electron chi connectivity index (χ1n) is 10.6. The Morgan fingerprint density at radius 3 is 2.30 bits per heavy atom. The zero-order valence-electron chi connectivity index (χ0n) is 19.7. The maximum Gasteiger partial charge on any atom is 0.329 e. The summed E-state index contributed by atoms with van der Waals surface area (Å²) in [6.07, 6.45) is 1.26. The lowest BCUT2D eigenvalue weighted by molar-refractivity contribution is -0.136. The Bertz CT molecular complexity index is 1320. The number of methoxy groups -OCH3 is 2. The van der Waals surface area contributed by atoms with E-state index >= 15 is 0 Å². The van der Waals surface area contributed by atoms with Crippen LogP contribution in [0.1, 0.15) is 5.56 Å². The molecule has 0 aromatic heterocycles. The first kappa shape index (κ1) is 27.3. The molecule has 3 aromatic carbocycles. The summed E-state index contributed by atoms with van der Waals surface area (Å²) in [5.41, 5.74) is 3.42. The van der Waals surface area contributed by atoms with Crippen molar-refractivity contribution < 1.29 is 28.6 Å². The van der Waals surface area contributed by atoms with Crippen LogP contribution in [0.15, 0.2) is 65.8 Å². The van der Waals surface area contributed by atoms with Crippen LogP contribution in [0.5, 0.6) is 17.2 Å². The lowest BCUT2D eigenvalue weighted by Gasteiger charge is -2.13. The van der Waals surface area contributed by atoms with Gasteiger partial charge in [-0.05, 0) is 54.1 Å². The van der Waals surface area contributed by atoms with Crippen molar-refractivity contribution in [3.05, 3.63) is 76.3 Å². The largest absolute Gasteiger partial charge is 0.497 e. The Hall–Kier alpha value is -4.28. The standard InChI is InChI=1S/C25H22Cl2N4O6/c1-35-17-9-7-16(8-10-17)29-24(33)25(34)31-28-13-15-11-19(27)23(21(12-15)36-2)37-14-22(32)30-20-6-4-3-5-18(20)26/h3-13H,14H2,1-2H3,(H,29,33)(H,30,32)(H,31,34)/b28-13-. The molecule has 192 valence electrons. The number of halogens is 2. The molecule has 10 nitrogen and oxygen atoms in total. The summed E-state index contributed by atoms with van der Waals surface area (Å²) >= 11 is 12.3. The maximum atomic E-state index is 12.2. The summed E-state index contributed by atoms with van der Waals surface area (Å²) in [4.78, 5) is 36.3. The van der Waals surface area contributed by atoms with Crippen LogP contribution in [0.2, 0.25) is 10.0 Å². The average Bonchev–Trinajstić information content (AvgIpc) is 2.89. The van der Waals surface area contributed by atoms with Gasteiger partial charge in [-0.3, -0.25) is 14.4 Å². The Labute approximate surface area is 222 Å². The highest BCUT2D eigenvalue weighted by molar-refractivity contribution is 6.39. The van der Waals surface area contributed by atoms with Crippen molar-refractivity contribution in [3.63, 3.8) is 0 Å². The van der Waals surface area contributed by atoms with Crippen LogP contribution >= 0.6 is 23.2 Å². The number of amides is 3. The number of ether oxygens (including phenoxy) is 3. The van der Waals surface area contributed by atoms with Crippen LogP contribution in [0.3, 0.4) is 0 Å². The number of hydrogen-bond acceptors (Lipinski definition) is 7. The van der Waals surface area contributed by atoms with Crippen molar-refractivity contribution in [3.8, 4) is 17.2 Å². The summed E-state index contributed by atoms with van der Waals surface area (Å²) in [6.45, 7) is -0.353. The van der Waals surface area contributed by atoms with Crippen molar-refractivity contribution in [1.29, 1.82) is 0 Å².